The van der Waals surface area contributed by atoms with Crippen molar-refractivity contribution in [3.63, 3.8) is 0 Å². The Morgan fingerprint density at radius 2 is 1.48 bits per heavy atom. The van der Waals surface area contributed by atoms with Crippen LogP contribution in [0.25, 0.3) is 0 Å². The molecular weight excluding hydrogens is 402 g/mol. The Bertz CT molecular complexity index is 1150. The lowest BCUT2D eigenvalue weighted by atomic mass is 9.97. The number of ketones is 1. The summed E-state index contributed by atoms with van der Waals surface area (Å²) in [7, 11) is 1.63. The first-order chi connectivity index (χ1) is 15.2. The molecule has 4 heteroatoms. The lowest BCUT2D eigenvalue weighted by Crippen LogP contribution is -2.22. The van der Waals surface area contributed by atoms with Crippen LogP contribution >= 0.6 is 11.8 Å². The fourth-order valence-electron chi connectivity index (χ4n) is 3.36. The first kappa shape index (κ1) is 20.8. The van der Waals surface area contributed by atoms with Gasteiger partial charge in [0.2, 0.25) is 0 Å². The van der Waals surface area contributed by atoms with Gasteiger partial charge in [-0.15, -0.1) is 0 Å². The molecule has 1 unspecified atom stereocenters. The van der Waals surface area contributed by atoms with E-state index < -0.39 is 6.04 Å². The lowest BCUT2D eigenvalue weighted by Gasteiger charge is -2.21. The molecule has 154 valence electrons. The maximum atomic E-state index is 13.8. The van der Waals surface area contributed by atoms with E-state index in [2.05, 4.69) is 17.4 Å². The Kier molecular flexibility index (Phi) is 6.70. The molecule has 4 aromatic carbocycles. The topological polar surface area (TPSA) is 38.3 Å². The van der Waals surface area contributed by atoms with Gasteiger partial charge in [0.15, 0.2) is 5.78 Å². The average Bonchev–Trinajstić information content (AvgIpc) is 2.84. The molecule has 0 heterocycles. The van der Waals surface area contributed by atoms with Crippen molar-refractivity contribution in [1.29, 1.82) is 0 Å². The molecule has 0 amide bonds. The van der Waals surface area contributed by atoms with Gasteiger partial charge in [-0.1, -0.05) is 84.6 Å². The number of hydrogen-bond donors (Lipinski definition) is 1. The Balaban J connectivity index is 1.70. The van der Waals surface area contributed by atoms with Gasteiger partial charge < -0.3 is 10.1 Å². The van der Waals surface area contributed by atoms with Crippen LogP contribution in [-0.2, 0) is 0 Å². The van der Waals surface area contributed by atoms with Crippen LogP contribution in [0.3, 0.4) is 0 Å². The summed E-state index contributed by atoms with van der Waals surface area (Å²) >= 11 is 1.60. The van der Waals surface area contributed by atoms with E-state index in [0.717, 1.165) is 26.8 Å². The molecule has 31 heavy (non-hydrogen) atoms. The van der Waals surface area contributed by atoms with E-state index in [1.807, 2.05) is 97.1 Å². The third-order valence-corrected chi connectivity index (χ3v) is 5.98. The zero-order chi connectivity index (χ0) is 21.5. The average molecular weight is 426 g/mol. The standard InChI is InChI=1S/C27H23NO2S/c1-30-22-14-10-13-21(19-22)28-26(20-11-4-2-5-12-20)27(29)24-17-8-9-18-25(24)31-23-15-6-3-7-16-23/h2-19,26,28H,1H3. The van der Waals surface area contributed by atoms with Crippen LogP contribution in [0.2, 0.25) is 0 Å². The van der Waals surface area contributed by atoms with Gasteiger partial charge in [-0.2, -0.15) is 0 Å². The van der Waals surface area contributed by atoms with E-state index in [1.165, 1.54) is 0 Å². The third kappa shape index (κ3) is 5.16. The largest absolute Gasteiger partial charge is 0.497 e. The molecule has 0 aliphatic heterocycles. The van der Waals surface area contributed by atoms with Crippen molar-refractivity contribution in [2.75, 3.05) is 12.4 Å². The summed E-state index contributed by atoms with van der Waals surface area (Å²) in [5.74, 6) is 0.761. The molecule has 4 rings (SSSR count). The number of carbonyl (C=O) groups excluding carboxylic acids is 1. The van der Waals surface area contributed by atoms with Crippen LogP contribution in [0, 0.1) is 0 Å². The Labute approximate surface area is 187 Å². The molecule has 0 fully saturated rings. The maximum Gasteiger partial charge on any atom is 0.190 e. The van der Waals surface area contributed by atoms with Crippen LogP contribution in [0.4, 0.5) is 5.69 Å². The Morgan fingerprint density at radius 1 is 0.806 bits per heavy atom. The molecular formula is C27H23NO2S. The fraction of sp³-hybridized carbons (Fsp3) is 0.0741. The Hall–Kier alpha value is -3.50. The second kappa shape index (κ2) is 10.0. The molecule has 0 bridgehead atoms. The molecule has 3 nitrogen and oxygen atoms in total. The predicted molar refractivity (Wildman–Crippen MR) is 127 cm³/mol. The van der Waals surface area contributed by atoms with Gasteiger partial charge in [-0.3, -0.25) is 4.79 Å². The minimum atomic E-state index is -0.522. The van der Waals surface area contributed by atoms with Gasteiger partial charge in [0.05, 0.1) is 7.11 Å². The number of ether oxygens (including phenoxy) is 1. The molecule has 1 atom stereocenters. The van der Waals surface area contributed by atoms with E-state index in [9.17, 15) is 4.79 Å². The SMILES string of the molecule is COc1cccc(NC(C(=O)c2ccccc2Sc2ccccc2)c2ccccc2)c1. The highest BCUT2D eigenvalue weighted by Crippen LogP contribution is 2.34. The predicted octanol–water partition coefficient (Wildman–Crippen LogP) is 6.88. The van der Waals surface area contributed by atoms with Gasteiger partial charge in [-0.25, -0.2) is 0 Å². The summed E-state index contributed by atoms with van der Waals surface area (Å²) in [5, 5.41) is 3.42. The zero-order valence-corrected chi connectivity index (χ0v) is 18.0. The van der Waals surface area contributed by atoms with Gasteiger partial charge in [0.1, 0.15) is 11.8 Å². The zero-order valence-electron chi connectivity index (χ0n) is 17.2. The highest BCUT2D eigenvalue weighted by molar-refractivity contribution is 7.99. The number of anilines is 1. The van der Waals surface area contributed by atoms with Crippen molar-refractivity contribution in [3.05, 3.63) is 120 Å². The second-order valence-electron chi connectivity index (χ2n) is 7.00. The summed E-state index contributed by atoms with van der Waals surface area (Å²) in [4.78, 5) is 15.8. The van der Waals surface area contributed by atoms with Crippen LogP contribution in [0.1, 0.15) is 22.0 Å². The maximum absolute atomic E-state index is 13.8. The number of hydrogen-bond acceptors (Lipinski definition) is 4. The molecule has 0 saturated heterocycles. The Morgan fingerprint density at radius 3 is 2.23 bits per heavy atom. The first-order valence-electron chi connectivity index (χ1n) is 10.1. The van der Waals surface area contributed by atoms with Gasteiger partial charge in [0, 0.05) is 27.1 Å². The van der Waals surface area contributed by atoms with Crippen LogP contribution in [-0.4, -0.2) is 12.9 Å². The van der Waals surface area contributed by atoms with Crippen LogP contribution in [0.5, 0.6) is 5.75 Å². The highest BCUT2D eigenvalue weighted by Gasteiger charge is 2.24. The molecule has 0 saturated carbocycles. The molecule has 1 N–H and O–H groups in total. The van der Waals surface area contributed by atoms with Crippen molar-refractivity contribution in [1.82, 2.24) is 0 Å². The van der Waals surface area contributed by atoms with E-state index in [1.54, 1.807) is 18.9 Å². The highest BCUT2D eigenvalue weighted by atomic mass is 32.2. The van der Waals surface area contributed by atoms with Crippen LogP contribution in [0.15, 0.2) is 119 Å². The van der Waals surface area contributed by atoms with E-state index in [0.29, 0.717) is 5.56 Å². The summed E-state index contributed by atoms with van der Waals surface area (Å²) in [6.45, 7) is 0. The monoisotopic (exact) mass is 425 g/mol. The molecule has 4 aromatic rings. The number of carbonyl (C=O) groups is 1. The van der Waals surface area contributed by atoms with Crippen molar-refractivity contribution < 1.29 is 9.53 Å². The third-order valence-electron chi connectivity index (χ3n) is 4.90. The van der Waals surface area contributed by atoms with Crippen molar-refractivity contribution >= 4 is 23.2 Å². The van der Waals surface area contributed by atoms with E-state index in [-0.39, 0.29) is 5.78 Å². The summed E-state index contributed by atoms with van der Waals surface area (Å²) in [5.41, 5.74) is 2.44. The van der Waals surface area contributed by atoms with Crippen LogP contribution < -0.4 is 10.1 Å². The summed E-state index contributed by atoms with van der Waals surface area (Å²) in [6.07, 6.45) is 0. The number of rotatable bonds is 8. The molecule has 0 aliphatic carbocycles. The second-order valence-corrected chi connectivity index (χ2v) is 8.11. The number of methoxy groups -OCH3 is 1. The number of nitrogens with one attached hydrogen (secondary N) is 1. The quantitative estimate of drug-likeness (QED) is 0.312. The molecule has 0 spiro atoms. The van der Waals surface area contributed by atoms with Crippen molar-refractivity contribution in [2.45, 2.75) is 15.8 Å². The van der Waals surface area contributed by atoms with E-state index in [4.69, 9.17) is 4.74 Å². The van der Waals surface area contributed by atoms with Gasteiger partial charge in [0.25, 0.3) is 0 Å². The minimum Gasteiger partial charge on any atom is -0.497 e. The normalized spacial score (nSPS) is 11.5. The summed E-state index contributed by atoms with van der Waals surface area (Å²) < 4.78 is 5.34. The fourth-order valence-corrected chi connectivity index (χ4v) is 4.33. The number of benzene rings is 4. The van der Waals surface area contributed by atoms with Crippen molar-refractivity contribution in [2.24, 2.45) is 0 Å². The van der Waals surface area contributed by atoms with Crippen molar-refractivity contribution in [3.8, 4) is 5.75 Å². The minimum absolute atomic E-state index is 0.0213. The molecule has 0 aromatic heterocycles. The first-order valence-corrected chi connectivity index (χ1v) is 10.9. The summed E-state index contributed by atoms with van der Waals surface area (Å²) in [6, 6.07) is 34.8. The lowest BCUT2D eigenvalue weighted by molar-refractivity contribution is 0.0966. The molecule has 0 aliphatic rings. The van der Waals surface area contributed by atoms with Gasteiger partial charge >= 0.3 is 0 Å². The van der Waals surface area contributed by atoms with E-state index >= 15 is 0 Å². The number of Topliss-reactive ketones (excluding diaryl/α,β-unsaturated/α-hetero) is 1. The smallest absolute Gasteiger partial charge is 0.190 e. The molecule has 0 radical (unpaired) electrons. The van der Waals surface area contributed by atoms with Gasteiger partial charge in [-0.05, 0) is 35.9 Å².